The molecule has 3 aromatic rings. The maximum absolute atomic E-state index is 14.3. The number of amides is 1. The summed E-state index contributed by atoms with van der Waals surface area (Å²) >= 11 is 0. The largest absolute Gasteiger partial charge is 0.455 e. The van der Waals surface area contributed by atoms with Gasteiger partial charge in [-0.25, -0.2) is 19.0 Å². The number of halogens is 1. The Labute approximate surface area is 153 Å². The van der Waals surface area contributed by atoms with Crippen LogP contribution < -0.4 is 15.7 Å². The number of aryl methyl sites for hydroxylation is 1. The Kier molecular flexibility index (Phi) is 4.61. The number of fused-ring (bicyclic) bond motifs is 1. The van der Waals surface area contributed by atoms with Gasteiger partial charge in [-0.05, 0) is 32.9 Å². The van der Waals surface area contributed by atoms with Crippen LogP contribution in [0.15, 0.2) is 35.3 Å². The minimum Gasteiger partial charge on any atom is -0.455 e. The Morgan fingerprint density at radius 1 is 1.30 bits per heavy atom. The van der Waals surface area contributed by atoms with E-state index in [1.54, 1.807) is 33.9 Å². The van der Waals surface area contributed by atoms with E-state index in [1.165, 1.54) is 22.9 Å². The number of H-pyrrole nitrogens is 1. The number of benzene rings is 1. The first-order valence-corrected chi connectivity index (χ1v) is 8.15. The van der Waals surface area contributed by atoms with Crippen molar-refractivity contribution >= 4 is 22.9 Å². The van der Waals surface area contributed by atoms with Crippen LogP contribution in [0.1, 0.15) is 20.8 Å². The van der Waals surface area contributed by atoms with Gasteiger partial charge >= 0.3 is 11.8 Å². The van der Waals surface area contributed by atoms with E-state index in [1.807, 2.05) is 0 Å². The van der Waals surface area contributed by atoms with Gasteiger partial charge in [0.2, 0.25) is 0 Å². The highest BCUT2D eigenvalue weighted by molar-refractivity contribution is 5.85. The summed E-state index contributed by atoms with van der Waals surface area (Å²) in [4.78, 5) is 30.3. The van der Waals surface area contributed by atoms with E-state index in [2.05, 4.69) is 15.3 Å². The van der Waals surface area contributed by atoms with Crippen LogP contribution in [0.25, 0.3) is 11.2 Å². The van der Waals surface area contributed by atoms with E-state index >= 15 is 0 Å². The standard InChI is InChI=1S/C18H19FN4O4/c1-18(2,3)27-17(25)21-12-6-5-10(9-11(12)19)26-13-7-8-20-15-14(13)22-16(24)23(15)4/h5-9H,1-4H3,(H,21,25)(H,22,24). The normalized spacial score (nSPS) is 11.4. The third kappa shape index (κ3) is 4.08. The molecule has 0 unspecified atom stereocenters. The number of pyridine rings is 1. The van der Waals surface area contributed by atoms with Gasteiger partial charge in [0.05, 0.1) is 5.69 Å². The Balaban J connectivity index is 1.82. The molecule has 1 aromatic carbocycles. The fraction of sp³-hybridized carbons (Fsp3) is 0.278. The zero-order valence-electron chi connectivity index (χ0n) is 15.3. The number of carbonyl (C=O) groups is 1. The summed E-state index contributed by atoms with van der Waals surface area (Å²) in [5, 5.41) is 2.35. The molecule has 2 N–H and O–H groups in total. The minimum atomic E-state index is -0.757. The Morgan fingerprint density at radius 2 is 2.04 bits per heavy atom. The fourth-order valence-electron chi connectivity index (χ4n) is 2.38. The molecule has 3 rings (SSSR count). The summed E-state index contributed by atoms with van der Waals surface area (Å²) in [5.41, 5.74) is -0.244. The van der Waals surface area contributed by atoms with Gasteiger partial charge < -0.3 is 14.5 Å². The van der Waals surface area contributed by atoms with Crippen LogP contribution in [0.5, 0.6) is 11.5 Å². The molecule has 0 atom stereocenters. The van der Waals surface area contributed by atoms with Gasteiger partial charge in [0.1, 0.15) is 16.9 Å². The van der Waals surface area contributed by atoms with Crippen molar-refractivity contribution in [2.75, 3.05) is 5.32 Å². The van der Waals surface area contributed by atoms with Crippen molar-refractivity contribution in [3.05, 3.63) is 46.8 Å². The van der Waals surface area contributed by atoms with E-state index < -0.39 is 17.5 Å². The molecule has 0 aliphatic carbocycles. The molecule has 0 saturated carbocycles. The molecule has 2 heterocycles. The molecule has 0 aliphatic heterocycles. The van der Waals surface area contributed by atoms with Crippen LogP contribution in [0.4, 0.5) is 14.9 Å². The first kappa shape index (κ1) is 18.4. The van der Waals surface area contributed by atoms with Crippen molar-refractivity contribution in [2.24, 2.45) is 7.05 Å². The maximum Gasteiger partial charge on any atom is 0.412 e. The molecule has 27 heavy (non-hydrogen) atoms. The van der Waals surface area contributed by atoms with Gasteiger partial charge in [0.15, 0.2) is 17.2 Å². The summed E-state index contributed by atoms with van der Waals surface area (Å²) in [6.07, 6.45) is 0.729. The van der Waals surface area contributed by atoms with E-state index in [4.69, 9.17) is 9.47 Å². The lowest BCUT2D eigenvalue weighted by molar-refractivity contribution is 0.0635. The highest BCUT2D eigenvalue weighted by atomic mass is 19.1. The second-order valence-corrected chi connectivity index (χ2v) is 6.87. The van der Waals surface area contributed by atoms with Gasteiger partial charge in [-0.1, -0.05) is 0 Å². The second kappa shape index (κ2) is 6.75. The molecule has 8 nitrogen and oxygen atoms in total. The lowest BCUT2D eigenvalue weighted by atomic mass is 10.2. The number of carbonyl (C=O) groups excluding carboxylic acids is 1. The summed E-state index contributed by atoms with van der Waals surface area (Å²) in [7, 11) is 1.58. The number of hydrogen-bond donors (Lipinski definition) is 2. The van der Waals surface area contributed by atoms with Crippen LogP contribution in [0.3, 0.4) is 0 Å². The van der Waals surface area contributed by atoms with Crippen molar-refractivity contribution < 1.29 is 18.7 Å². The molecule has 0 fully saturated rings. The van der Waals surface area contributed by atoms with Crippen molar-refractivity contribution in [2.45, 2.75) is 26.4 Å². The highest BCUT2D eigenvalue weighted by Crippen LogP contribution is 2.29. The predicted octanol–water partition coefficient (Wildman–Crippen LogP) is 3.54. The average Bonchev–Trinajstić information content (AvgIpc) is 2.85. The Hall–Kier alpha value is -3.36. The SMILES string of the molecule is Cn1c(=O)[nH]c2c(Oc3ccc(NC(=O)OC(C)(C)C)c(F)c3)ccnc21. The first-order valence-electron chi connectivity index (χ1n) is 8.15. The fourth-order valence-corrected chi connectivity index (χ4v) is 2.38. The van der Waals surface area contributed by atoms with Crippen LogP contribution >= 0.6 is 0 Å². The molecular formula is C18H19FN4O4. The molecule has 0 spiro atoms. The zero-order valence-corrected chi connectivity index (χ0v) is 15.3. The maximum atomic E-state index is 14.3. The van der Waals surface area contributed by atoms with Crippen molar-refractivity contribution in [3.63, 3.8) is 0 Å². The van der Waals surface area contributed by atoms with Gasteiger partial charge in [-0.15, -0.1) is 0 Å². The topological polar surface area (TPSA) is 98.2 Å². The summed E-state index contributed by atoms with van der Waals surface area (Å²) in [6.45, 7) is 5.13. The van der Waals surface area contributed by atoms with E-state index in [9.17, 15) is 14.0 Å². The Bertz CT molecular complexity index is 1070. The number of nitrogens with one attached hydrogen (secondary N) is 2. The van der Waals surface area contributed by atoms with Gasteiger partial charge in [-0.2, -0.15) is 0 Å². The molecule has 0 aliphatic rings. The summed E-state index contributed by atoms with van der Waals surface area (Å²) < 4.78 is 26.4. The number of anilines is 1. The molecule has 0 saturated heterocycles. The molecule has 0 radical (unpaired) electrons. The number of hydrogen-bond acceptors (Lipinski definition) is 5. The zero-order chi connectivity index (χ0) is 19.8. The first-order chi connectivity index (χ1) is 12.6. The molecule has 0 bridgehead atoms. The summed E-state index contributed by atoms with van der Waals surface area (Å²) in [6, 6.07) is 5.53. The highest BCUT2D eigenvalue weighted by Gasteiger charge is 2.18. The molecule has 2 aromatic heterocycles. The average molecular weight is 374 g/mol. The number of rotatable bonds is 3. The van der Waals surface area contributed by atoms with Crippen LogP contribution in [0, 0.1) is 5.82 Å². The van der Waals surface area contributed by atoms with Gasteiger partial charge in [0, 0.05) is 25.4 Å². The third-order valence-electron chi connectivity index (χ3n) is 3.55. The predicted molar refractivity (Wildman–Crippen MR) is 97.7 cm³/mol. The minimum absolute atomic E-state index is 0.0374. The number of imidazole rings is 1. The van der Waals surface area contributed by atoms with Gasteiger partial charge in [0.25, 0.3) is 0 Å². The van der Waals surface area contributed by atoms with Crippen LogP contribution in [-0.2, 0) is 11.8 Å². The number of ether oxygens (including phenoxy) is 2. The van der Waals surface area contributed by atoms with Crippen LogP contribution in [-0.4, -0.2) is 26.2 Å². The number of nitrogens with zero attached hydrogens (tertiary/aromatic N) is 2. The van der Waals surface area contributed by atoms with Gasteiger partial charge in [-0.3, -0.25) is 9.88 Å². The number of aromatic amines is 1. The molecular weight excluding hydrogens is 355 g/mol. The monoisotopic (exact) mass is 374 g/mol. The van der Waals surface area contributed by atoms with Crippen molar-refractivity contribution in [1.29, 1.82) is 0 Å². The lowest BCUT2D eigenvalue weighted by Gasteiger charge is -2.19. The Morgan fingerprint density at radius 3 is 2.70 bits per heavy atom. The molecule has 9 heteroatoms. The number of aromatic nitrogens is 3. The lowest BCUT2D eigenvalue weighted by Crippen LogP contribution is -2.27. The third-order valence-corrected chi connectivity index (χ3v) is 3.55. The van der Waals surface area contributed by atoms with Crippen LogP contribution in [0.2, 0.25) is 0 Å². The van der Waals surface area contributed by atoms with Crippen molar-refractivity contribution in [1.82, 2.24) is 14.5 Å². The van der Waals surface area contributed by atoms with E-state index in [-0.39, 0.29) is 17.1 Å². The van der Waals surface area contributed by atoms with E-state index in [0.29, 0.717) is 16.9 Å². The second-order valence-electron chi connectivity index (χ2n) is 6.87. The van der Waals surface area contributed by atoms with E-state index in [0.717, 1.165) is 6.07 Å². The molecule has 1 amide bonds. The van der Waals surface area contributed by atoms with Crippen molar-refractivity contribution in [3.8, 4) is 11.5 Å². The molecule has 142 valence electrons. The smallest absolute Gasteiger partial charge is 0.412 e. The quantitative estimate of drug-likeness (QED) is 0.731. The summed E-state index contributed by atoms with van der Waals surface area (Å²) in [5.74, 6) is -0.172.